The second-order valence-corrected chi connectivity index (χ2v) is 7.09. The molecule has 1 aromatic carbocycles. The van der Waals surface area contributed by atoms with Gasteiger partial charge in [-0.3, -0.25) is 9.52 Å². The fourth-order valence-corrected chi connectivity index (χ4v) is 2.76. The maximum atomic E-state index is 12.2. The van der Waals surface area contributed by atoms with E-state index < -0.39 is 16.1 Å². The molecular formula is C14H21N3O4S. The fourth-order valence-electron chi connectivity index (χ4n) is 2.12. The maximum Gasteiger partial charge on any atom is 0.244 e. The number of morpholine rings is 1. The molecule has 0 spiro atoms. The quantitative estimate of drug-likeness (QED) is 0.742. The normalized spacial score (nSPS) is 22.1. The summed E-state index contributed by atoms with van der Waals surface area (Å²) < 4.78 is 30.8. The van der Waals surface area contributed by atoms with Crippen LogP contribution >= 0.6 is 0 Å². The highest BCUT2D eigenvalue weighted by molar-refractivity contribution is 7.92. The third-order valence-electron chi connectivity index (χ3n) is 3.40. The molecule has 1 heterocycles. The van der Waals surface area contributed by atoms with Gasteiger partial charge in [0, 0.05) is 17.9 Å². The Hall–Kier alpha value is -1.64. The Morgan fingerprint density at radius 1 is 1.32 bits per heavy atom. The molecule has 2 atom stereocenters. The van der Waals surface area contributed by atoms with E-state index in [9.17, 15) is 13.2 Å². The van der Waals surface area contributed by atoms with Gasteiger partial charge in [-0.25, -0.2) is 8.42 Å². The van der Waals surface area contributed by atoms with Gasteiger partial charge >= 0.3 is 0 Å². The van der Waals surface area contributed by atoms with E-state index in [1.165, 1.54) is 0 Å². The van der Waals surface area contributed by atoms with Crippen molar-refractivity contribution in [2.75, 3.05) is 28.9 Å². The minimum Gasteiger partial charge on any atom is -0.375 e. The first-order valence-corrected chi connectivity index (χ1v) is 8.83. The summed E-state index contributed by atoms with van der Waals surface area (Å²) in [5.74, 6) is -0.161. The summed E-state index contributed by atoms with van der Waals surface area (Å²) >= 11 is 0. The molecule has 0 radical (unpaired) electrons. The van der Waals surface area contributed by atoms with Crippen molar-refractivity contribution in [1.29, 1.82) is 0 Å². The van der Waals surface area contributed by atoms with Crippen LogP contribution < -0.4 is 15.4 Å². The first-order valence-electron chi connectivity index (χ1n) is 7.17. The number of benzene rings is 1. The van der Waals surface area contributed by atoms with Crippen LogP contribution in [0.25, 0.3) is 0 Å². The van der Waals surface area contributed by atoms with E-state index in [0.29, 0.717) is 24.5 Å². The van der Waals surface area contributed by atoms with Crippen LogP contribution in [-0.2, 0) is 19.6 Å². The van der Waals surface area contributed by atoms with Crippen molar-refractivity contribution >= 4 is 27.3 Å². The molecule has 1 amide bonds. The summed E-state index contributed by atoms with van der Waals surface area (Å²) in [5, 5.41) is 5.90. The minimum absolute atomic E-state index is 0.0106. The van der Waals surface area contributed by atoms with E-state index in [2.05, 4.69) is 15.4 Å². The number of hydrogen-bond donors (Lipinski definition) is 3. The average Bonchev–Trinajstić information content (AvgIpc) is 2.49. The largest absolute Gasteiger partial charge is 0.375 e. The van der Waals surface area contributed by atoms with Gasteiger partial charge in [0.05, 0.1) is 18.5 Å². The monoisotopic (exact) mass is 327 g/mol. The molecule has 1 saturated heterocycles. The van der Waals surface area contributed by atoms with Gasteiger partial charge in [0.15, 0.2) is 0 Å². The lowest BCUT2D eigenvalue weighted by molar-refractivity contribution is -0.123. The van der Waals surface area contributed by atoms with Crippen LogP contribution in [0.15, 0.2) is 24.3 Å². The van der Waals surface area contributed by atoms with Gasteiger partial charge in [-0.05, 0) is 38.1 Å². The molecule has 22 heavy (non-hydrogen) atoms. The summed E-state index contributed by atoms with van der Waals surface area (Å²) in [6.45, 7) is 4.65. The molecule has 0 unspecified atom stereocenters. The van der Waals surface area contributed by atoms with Gasteiger partial charge in [-0.15, -0.1) is 0 Å². The van der Waals surface area contributed by atoms with E-state index in [0.717, 1.165) is 0 Å². The standard InChI is InChI=1S/C14H21N3O4S/c1-3-22(19,20)17-12-6-4-11(5-7-12)16-14(18)13-10(2)21-9-8-15-13/h4-7,10,13,15,17H,3,8-9H2,1-2H3,(H,16,18)/t10-,13+/m1/s1. The van der Waals surface area contributed by atoms with E-state index in [1.807, 2.05) is 6.92 Å². The molecule has 1 aliphatic heterocycles. The highest BCUT2D eigenvalue weighted by atomic mass is 32.2. The van der Waals surface area contributed by atoms with Crippen LogP contribution in [0.5, 0.6) is 0 Å². The number of nitrogens with one attached hydrogen (secondary N) is 3. The number of carbonyl (C=O) groups is 1. The van der Waals surface area contributed by atoms with Crippen LogP contribution in [0.4, 0.5) is 11.4 Å². The smallest absolute Gasteiger partial charge is 0.244 e. The highest BCUT2D eigenvalue weighted by Gasteiger charge is 2.28. The van der Waals surface area contributed by atoms with Crippen molar-refractivity contribution in [3.63, 3.8) is 0 Å². The number of ether oxygens (including phenoxy) is 1. The number of anilines is 2. The van der Waals surface area contributed by atoms with Crippen molar-refractivity contribution in [3.8, 4) is 0 Å². The summed E-state index contributed by atoms with van der Waals surface area (Å²) in [4.78, 5) is 12.2. The topological polar surface area (TPSA) is 96.5 Å². The highest BCUT2D eigenvalue weighted by Crippen LogP contribution is 2.16. The lowest BCUT2D eigenvalue weighted by Crippen LogP contribution is -2.53. The number of rotatable bonds is 5. The SMILES string of the molecule is CCS(=O)(=O)Nc1ccc(NC(=O)[C@H]2NCCO[C@@H]2C)cc1. The fraction of sp³-hybridized carbons (Fsp3) is 0.500. The Morgan fingerprint density at radius 2 is 1.95 bits per heavy atom. The van der Waals surface area contributed by atoms with Crippen LogP contribution in [0.3, 0.4) is 0 Å². The molecule has 0 aliphatic carbocycles. The Kier molecular flexibility index (Phi) is 5.38. The third-order valence-corrected chi connectivity index (χ3v) is 4.71. The number of carbonyl (C=O) groups excluding carboxylic acids is 1. The van der Waals surface area contributed by atoms with Gasteiger partial charge in [0.25, 0.3) is 0 Å². The van der Waals surface area contributed by atoms with Crippen molar-refractivity contribution in [1.82, 2.24) is 5.32 Å². The van der Waals surface area contributed by atoms with Crippen molar-refractivity contribution in [3.05, 3.63) is 24.3 Å². The number of sulfonamides is 1. The Morgan fingerprint density at radius 3 is 2.55 bits per heavy atom. The second kappa shape index (κ2) is 7.08. The summed E-state index contributed by atoms with van der Waals surface area (Å²) in [7, 11) is -3.30. The van der Waals surface area contributed by atoms with Crippen LogP contribution in [0.1, 0.15) is 13.8 Å². The van der Waals surface area contributed by atoms with Crippen molar-refractivity contribution < 1.29 is 17.9 Å². The molecule has 0 aromatic heterocycles. The lowest BCUT2D eigenvalue weighted by Gasteiger charge is -2.29. The zero-order valence-corrected chi connectivity index (χ0v) is 13.4. The zero-order chi connectivity index (χ0) is 16.2. The van der Waals surface area contributed by atoms with E-state index in [1.54, 1.807) is 31.2 Å². The Bertz CT molecular complexity index is 615. The molecule has 1 aromatic rings. The molecule has 2 rings (SSSR count). The van der Waals surface area contributed by atoms with Crippen LogP contribution in [0, 0.1) is 0 Å². The molecule has 0 saturated carbocycles. The summed E-state index contributed by atoms with van der Waals surface area (Å²) in [6, 6.07) is 6.13. The maximum absolute atomic E-state index is 12.2. The van der Waals surface area contributed by atoms with Gasteiger partial charge in [-0.2, -0.15) is 0 Å². The average molecular weight is 327 g/mol. The molecular weight excluding hydrogens is 306 g/mol. The predicted molar refractivity (Wildman–Crippen MR) is 85.4 cm³/mol. The predicted octanol–water partition coefficient (Wildman–Crippen LogP) is 0.764. The van der Waals surface area contributed by atoms with Crippen molar-refractivity contribution in [2.45, 2.75) is 26.0 Å². The van der Waals surface area contributed by atoms with E-state index >= 15 is 0 Å². The first-order chi connectivity index (χ1) is 10.4. The number of hydrogen-bond acceptors (Lipinski definition) is 5. The second-order valence-electron chi connectivity index (χ2n) is 5.08. The summed E-state index contributed by atoms with van der Waals surface area (Å²) in [5.41, 5.74) is 1.07. The van der Waals surface area contributed by atoms with Gasteiger partial charge in [-0.1, -0.05) is 0 Å². The summed E-state index contributed by atoms with van der Waals surface area (Å²) in [6.07, 6.45) is -0.190. The molecule has 1 aliphatic rings. The van der Waals surface area contributed by atoms with E-state index in [4.69, 9.17) is 4.74 Å². The third kappa shape index (κ3) is 4.43. The number of amides is 1. The minimum atomic E-state index is -3.30. The Labute approximate surface area is 130 Å². The molecule has 1 fully saturated rings. The van der Waals surface area contributed by atoms with Gasteiger partial charge in [0.2, 0.25) is 15.9 Å². The molecule has 3 N–H and O–H groups in total. The van der Waals surface area contributed by atoms with Crippen LogP contribution in [0.2, 0.25) is 0 Å². The molecule has 8 heteroatoms. The molecule has 7 nitrogen and oxygen atoms in total. The first kappa shape index (κ1) is 16.7. The molecule has 122 valence electrons. The lowest BCUT2D eigenvalue weighted by atomic mass is 10.1. The van der Waals surface area contributed by atoms with Crippen LogP contribution in [-0.4, -0.2) is 45.4 Å². The Balaban J connectivity index is 1.97. The van der Waals surface area contributed by atoms with Gasteiger partial charge < -0.3 is 15.4 Å². The van der Waals surface area contributed by atoms with E-state index in [-0.39, 0.29) is 17.8 Å². The van der Waals surface area contributed by atoms with Crippen molar-refractivity contribution in [2.24, 2.45) is 0 Å². The zero-order valence-electron chi connectivity index (χ0n) is 12.6. The van der Waals surface area contributed by atoms with Gasteiger partial charge in [0.1, 0.15) is 6.04 Å². The molecule has 0 bridgehead atoms.